The van der Waals surface area contributed by atoms with Gasteiger partial charge in [-0.25, -0.2) is 9.78 Å². The lowest BCUT2D eigenvalue weighted by atomic mass is 10.1. The van der Waals surface area contributed by atoms with Gasteiger partial charge < -0.3 is 19.7 Å². The lowest BCUT2D eigenvalue weighted by Gasteiger charge is -2.26. The standard InChI is InChI=1S/C11H15N3O4/c1-6-7(3-4-18-6)14(2)10(15)8-9(11(16)17)13-5-12-8/h5-7H,3-4H2,1-2H3,(H,12,13)(H,16,17). The van der Waals surface area contributed by atoms with Crippen LogP contribution in [0.25, 0.3) is 0 Å². The first-order valence-corrected chi connectivity index (χ1v) is 5.67. The van der Waals surface area contributed by atoms with Crippen molar-refractivity contribution in [2.24, 2.45) is 0 Å². The minimum absolute atomic E-state index is 0.0455. The Morgan fingerprint density at radius 2 is 2.33 bits per heavy atom. The lowest BCUT2D eigenvalue weighted by Crippen LogP contribution is -2.41. The zero-order valence-corrected chi connectivity index (χ0v) is 10.2. The SMILES string of the molecule is CC1OCCC1N(C)C(=O)c1nc[nH]c1C(=O)O. The molecule has 1 aromatic heterocycles. The van der Waals surface area contributed by atoms with Crippen LogP contribution in [0.4, 0.5) is 0 Å². The molecule has 98 valence electrons. The molecule has 2 N–H and O–H groups in total. The number of nitrogens with one attached hydrogen (secondary N) is 1. The number of hydrogen-bond donors (Lipinski definition) is 2. The molecule has 7 nitrogen and oxygen atoms in total. The highest BCUT2D eigenvalue weighted by Crippen LogP contribution is 2.20. The smallest absolute Gasteiger partial charge is 0.354 e. The molecule has 2 atom stereocenters. The van der Waals surface area contributed by atoms with E-state index in [0.29, 0.717) is 6.61 Å². The highest BCUT2D eigenvalue weighted by Gasteiger charge is 2.33. The molecule has 18 heavy (non-hydrogen) atoms. The van der Waals surface area contributed by atoms with Gasteiger partial charge in [-0.05, 0) is 13.3 Å². The molecule has 2 unspecified atom stereocenters. The predicted molar refractivity (Wildman–Crippen MR) is 61.5 cm³/mol. The van der Waals surface area contributed by atoms with Crippen LogP contribution in [-0.2, 0) is 4.74 Å². The second-order valence-corrected chi connectivity index (χ2v) is 4.28. The van der Waals surface area contributed by atoms with Crippen LogP contribution in [0.3, 0.4) is 0 Å². The van der Waals surface area contributed by atoms with Gasteiger partial charge in [0.15, 0.2) is 11.4 Å². The van der Waals surface area contributed by atoms with Crippen molar-refractivity contribution in [2.45, 2.75) is 25.5 Å². The van der Waals surface area contributed by atoms with E-state index < -0.39 is 11.9 Å². The van der Waals surface area contributed by atoms with Crippen molar-refractivity contribution < 1.29 is 19.4 Å². The summed E-state index contributed by atoms with van der Waals surface area (Å²) in [5.74, 6) is -1.60. The summed E-state index contributed by atoms with van der Waals surface area (Å²) in [6.45, 7) is 2.50. The molecule has 0 bridgehead atoms. The number of amides is 1. The van der Waals surface area contributed by atoms with Gasteiger partial charge in [0.25, 0.3) is 5.91 Å². The first-order chi connectivity index (χ1) is 8.52. The second-order valence-electron chi connectivity index (χ2n) is 4.28. The van der Waals surface area contributed by atoms with E-state index in [0.717, 1.165) is 6.42 Å². The van der Waals surface area contributed by atoms with Crippen molar-refractivity contribution in [2.75, 3.05) is 13.7 Å². The normalized spacial score (nSPS) is 23.0. The molecular weight excluding hydrogens is 238 g/mol. The quantitative estimate of drug-likeness (QED) is 0.810. The van der Waals surface area contributed by atoms with Crippen LogP contribution in [0.1, 0.15) is 34.3 Å². The van der Waals surface area contributed by atoms with Crippen LogP contribution in [0.15, 0.2) is 6.33 Å². The Hall–Kier alpha value is -1.89. The van der Waals surface area contributed by atoms with Crippen LogP contribution >= 0.6 is 0 Å². The number of carboxylic acids is 1. The number of ether oxygens (including phenoxy) is 1. The summed E-state index contributed by atoms with van der Waals surface area (Å²) in [5.41, 5.74) is -0.248. The third-order valence-corrected chi connectivity index (χ3v) is 3.21. The zero-order valence-electron chi connectivity index (χ0n) is 10.2. The summed E-state index contributed by atoms with van der Waals surface area (Å²) >= 11 is 0. The van der Waals surface area contributed by atoms with Gasteiger partial charge in [-0.2, -0.15) is 0 Å². The molecule has 0 spiro atoms. The van der Waals surface area contributed by atoms with Crippen LogP contribution in [0.2, 0.25) is 0 Å². The Kier molecular flexibility index (Phi) is 3.33. The fraction of sp³-hybridized carbons (Fsp3) is 0.545. The fourth-order valence-corrected chi connectivity index (χ4v) is 2.17. The van der Waals surface area contributed by atoms with E-state index in [4.69, 9.17) is 9.84 Å². The maximum Gasteiger partial charge on any atom is 0.354 e. The number of aromatic carboxylic acids is 1. The van der Waals surface area contributed by atoms with Gasteiger partial charge in [0, 0.05) is 13.7 Å². The number of H-pyrrole nitrogens is 1. The molecule has 2 heterocycles. The van der Waals surface area contributed by atoms with Gasteiger partial charge in [0.2, 0.25) is 0 Å². The average molecular weight is 253 g/mol. The van der Waals surface area contributed by atoms with Gasteiger partial charge in [-0.15, -0.1) is 0 Å². The first-order valence-electron chi connectivity index (χ1n) is 5.67. The monoisotopic (exact) mass is 253 g/mol. The summed E-state index contributed by atoms with van der Waals surface area (Å²) in [4.78, 5) is 30.9. The van der Waals surface area contributed by atoms with Crippen LogP contribution < -0.4 is 0 Å². The Balaban J connectivity index is 2.20. The topological polar surface area (TPSA) is 95.5 Å². The van der Waals surface area contributed by atoms with Gasteiger partial charge in [0.05, 0.1) is 18.5 Å². The number of carboxylic acid groups (broad SMARTS) is 1. The molecule has 0 aliphatic carbocycles. The van der Waals surface area contributed by atoms with E-state index in [-0.39, 0.29) is 23.5 Å². The molecule has 1 aliphatic rings. The number of aromatic amines is 1. The van der Waals surface area contributed by atoms with E-state index in [1.807, 2.05) is 6.92 Å². The number of hydrogen-bond acceptors (Lipinski definition) is 4. The number of rotatable bonds is 3. The van der Waals surface area contributed by atoms with Crippen molar-refractivity contribution in [1.82, 2.24) is 14.9 Å². The van der Waals surface area contributed by atoms with Crippen LogP contribution in [0, 0.1) is 0 Å². The highest BCUT2D eigenvalue weighted by atomic mass is 16.5. The predicted octanol–water partition coefficient (Wildman–Crippen LogP) is 0.357. The van der Waals surface area contributed by atoms with Crippen molar-refractivity contribution in [3.63, 3.8) is 0 Å². The number of nitrogens with zero attached hydrogens (tertiary/aromatic N) is 2. The molecule has 1 saturated heterocycles. The third kappa shape index (κ3) is 2.08. The number of imidazole rings is 1. The maximum atomic E-state index is 12.2. The lowest BCUT2D eigenvalue weighted by molar-refractivity contribution is 0.0560. The van der Waals surface area contributed by atoms with Crippen molar-refractivity contribution in [3.8, 4) is 0 Å². The average Bonchev–Trinajstić information content (AvgIpc) is 2.95. The van der Waals surface area contributed by atoms with Crippen LogP contribution in [0.5, 0.6) is 0 Å². The summed E-state index contributed by atoms with van der Waals surface area (Å²) in [7, 11) is 1.64. The zero-order chi connectivity index (χ0) is 13.3. The summed E-state index contributed by atoms with van der Waals surface area (Å²) < 4.78 is 5.39. The molecule has 0 saturated carbocycles. The van der Waals surface area contributed by atoms with Crippen molar-refractivity contribution in [1.29, 1.82) is 0 Å². The second kappa shape index (κ2) is 4.77. The largest absolute Gasteiger partial charge is 0.477 e. The third-order valence-electron chi connectivity index (χ3n) is 3.21. The fourth-order valence-electron chi connectivity index (χ4n) is 2.17. The highest BCUT2D eigenvalue weighted by molar-refractivity contribution is 6.02. The number of likely N-dealkylation sites (N-methyl/N-ethyl adjacent to an activating group) is 1. The molecule has 1 amide bonds. The van der Waals surface area contributed by atoms with E-state index in [1.165, 1.54) is 11.2 Å². The molecule has 1 aromatic rings. The van der Waals surface area contributed by atoms with Gasteiger partial charge >= 0.3 is 5.97 Å². The molecular formula is C11H15N3O4. The number of aromatic nitrogens is 2. The van der Waals surface area contributed by atoms with E-state index in [9.17, 15) is 9.59 Å². The Morgan fingerprint density at radius 3 is 2.89 bits per heavy atom. The molecule has 2 rings (SSSR count). The molecule has 0 radical (unpaired) electrons. The van der Waals surface area contributed by atoms with Crippen molar-refractivity contribution >= 4 is 11.9 Å². The summed E-state index contributed by atoms with van der Waals surface area (Å²) in [6.07, 6.45) is 1.90. The number of carbonyl (C=O) groups excluding carboxylic acids is 1. The van der Waals surface area contributed by atoms with E-state index in [2.05, 4.69) is 9.97 Å². The van der Waals surface area contributed by atoms with Gasteiger partial charge in [0.1, 0.15) is 0 Å². The summed E-state index contributed by atoms with van der Waals surface area (Å²) in [6, 6.07) is -0.0455. The molecule has 7 heteroatoms. The minimum Gasteiger partial charge on any atom is -0.477 e. The van der Waals surface area contributed by atoms with Crippen LogP contribution in [-0.4, -0.2) is 57.7 Å². The van der Waals surface area contributed by atoms with E-state index in [1.54, 1.807) is 7.05 Å². The Labute approximate surface area is 104 Å². The molecule has 0 aromatic carbocycles. The van der Waals surface area contributed by atoms with Gasteiger partial charge in [-0.3, -0.25) is 4.79 Å². The van der Waals surface area contributed by atoms with Crippen molar-refractivity contribution in [3.05, 3.63) is 17.7 Å². The maximum absolute atomic E-state index is 12.2. The first kappa shape index (κ1) is 12.6. The minimum atomic E-state index is -1.19. The number of carbonyl (C=O) groups is 2. The van der Waals surface area contributed by atoms with E-state index >= 15 is 0 Å². The Morgan fingerprint density at radius 1 is 1.61 bits per heavy atom. The summed E-state index contributed by atoms with van der Waals surface area (Å²) in [5, 5.41) is 8.94. The Bertz CT molecular complexity index is 471. The molecule has 1 fully saturated rings. The van der Waals surface area contributed by atoms with Gasteiger partial charge in [-0.1, -0.05) is 0 Å². The molecule has 1 aliphatic heterocycles.